The number of benzene rings is 6. The van der Waals surface area contributed by atoms with Crippen molar-refractivity contribution in [3.05, 3.63) is 145 Å². The summed E-state index contributed by atoms with van der Waals surface area (Å²) < 4.78 is 77.3. The molecule has 9 aromatic rings. The van der Waals surface area contributed by atoms with Gasteiger partial charge < -0.3 is 4.42 Å². The number of fused-ring (bicyclic) bond motifs is 6. The highest BCUT2D eigenvalue weighted by atomic mass is 16.3. The van der Waals surface area contributed by atoms with Crippen LogP contribution in [0.15, 0.2) is 150 Å². The molecule has 0 fully saturated rings. The molecule has 0 aliphatic heterocycles. The van der Waals surface area contributed by atoms with E-state index >= 15 is 0 Å². The Bertz CT molecular complexity index is 2870. The van der Waals surface area contributed by atoms with Gasteiger partial charge in [0.15, 0.2) is 11.6 Å². The van der Waals surface area contributed by atoms with Gasteiger partial charge in [0.05, 0.1) is 22.0 Å². The molecule has 0 unspecified atom stereocenters. The summed E-state index contributed by atoms with van der Waals surface area (Å²) in [6.07, 6.45) is 0. The molecule has 0 atom stereocenters. The lowest BCUT2D eigenvalue weighted by molar-refractivity contribution is 0.669. The second kappa shape index (κ2) is 9.75. The molecule has 0 aliphatic rings. The van der Waals surface area contributed by atoms with Gasteiger partial charge in [0.25, 0.3) is 0 Å². The van der Waals surface area contributed by atoms with Crippen LogP contribution in [0.1, 0.15) is 11.0 Å². The van der Waals surface area contributed by atoms with Gasteiger partial charge in [-0.3, -0.25) is 4.57 Å². The minimum atomic E-state index is -0.530. The normalized spacial score (nSPS) is 14.2. The van der Waals surface area contributed by atoms with Crippen molar-refractivity contribution in [1.29, 1.82) is 0 Å². The molecule has 206 valence electrons. The lowest BCUT2D eigenvalue weighted by Crippen LogP contribution is -2.06. The molecule has 0 radical (unpaired) electrons. The van der Waals surface area contributed by atoms with Crippen molar-refractivity contribution in [3.63, 3.8) is 0 Å². The van der Waals surface area contributed by atoms with E-state index in [1.54, 1.807) is 0 Å². The van der Waals surface area contributed by atoms with E-state index in [9.17, 15) is 0 Å². The van der Waals surface area contributed by atoms with Gasteiger partial charge in [0.1, 0.15) is 11.2 Å². The molecule has 3 heterocycles. The molecule has 5 heteroatoms. The summed E-state index contributed by atoms with van der Waals surface area (Å²) in [5.41, 5.74) is 4.26. The lowest BCUT2D eigenvalue weighted by atomic mass is 9.97. The van der Waals surface area contributed by atoms with Crippen LogP contribution < -0.4 is 0 Å². The molecule has 5 nitrogen and oxygen atoms in total. The Labute approximate surface area is 263 Å². The van der Waals surface area contributed by atoms with E-state index in [0.29, 0.717) is 22.3 Å². The lowest BCUT2D eigenvalue weighted by Gasteiger charge is -2.11. The molecule has 0 saturated heterocycles. The maximum Gasteiger partial charge on any atom is 0.238 e. The summed E-state index contributed by atoms with van der Waals surface area (Å²) in [5.74, 6) is 0.369. The smallest absolute Gasteiger partial charge is 0.238 e. The van der Waals surface area contributed by atoms with Crippen LogP contribution in [0.2, 0.25) is 0 Å². The Morgan fingerprint density at radius 1 is 0.500 bits per heavy atom. The highest BCUT2D eigenvalue weighted by Gasteiger charge is 2.21. The molecular formula is C39H24N4O. The first-order valence-corrected chi connectivity index (χ1v) is 14.0. The SMILES string of the molecule is [2H]c1c([2H])c([2H])c2c(c1[2H])c1c([2H])c([2H])c([2H])c([2H])c1n2-c1nc(-c2ccccc2)nc(-c2cccc3oc4cccc(-c5ccccc5)c4c23)n1. The molecular weight excluding hydrogens is 540 g/mol. The van der Waals surface area contributed by atoms with Crippen molar-refractivity contribution in [3.8, 4) is 39.9 Å². The van der Waals surface area contributed by atoms with E-state index in [1.807, 2.05) is 97.1 Å². The van der Waals surface area contributed by atoms with Crippen molar-refractivity contribution in [2.45, 2.75) is 0 Å². The van der Waals surface area contributed by atoms with Gasteiger partial charge >= 0.3 is 0 Å². The average molecular weight is 573 g/mol. The maximum absolute atomic E-state index is 9.00. The molecule has 0 aliphatic carbocycles. The minimum absolute atomic E-state index is 0.0633. The van der Waals surface area contributed by atoms with Crippen LogP contribution in [0.3, 0.4) is 0 Å². The van der Waals surface area contributed by atoms with Crippen molar-refractivity contribution in [2.24, 2.45) is 0 Å². The van der Waals surface area contributed by atoms with Crippen molar-refractivity contribution >= 4 is 43.7 Å². The van der Waals surface area contributed by atoms with Crippen LogP contribution in [-0.2, 0) is 0 Å². The van der Waals surface area contributed by atoms with Crippen LogP contribution >= 0.6 is 0 Å². The predicted molar refractivity (Wildman–Crippen MR) is 178 cm³/mol. The summed E-state index contributed by atoms with van der Waals surface area (Å²) >= 11 is 0. The van der Waals surface area contributed by atoms with E-state index in [0.717, 1.165) is 21.9 Å². The number of hydrogen-bond donors (Lipinski definition) is 0. The van der Waals surface area contributed by atoms with Crippen molar-refractivity contribution < 1.29 is 15.4 Å². The first kappa shape index (κ1) is 17.8. The molecule has 44 heavy (non-hydrogen) atoms. The van der Waals surface area contributed by atoms with E-state index < -0.39 is 48.3 Å². The Balaban J connectivity index is 1.45. The third kappa shape index (κ3) is 3.76. The summed E-state index contributed by atoms with van der Waals surface area (Å²) in [5, 5.41) is 1.47. The molecule has 9 rings (SSSR count). The van der Waals surface area contributed by atoms with Crippen molar-refractivity contribution in [2.75, 3.05) is 0 Å². The Hall–Kier alpha value is -6.07. The van der Waals surface area contributed by atoms with E-state index in [4.69, 9.17) is 30.3 Å². The number of furan rings is 1. The van der Waals surface area contributed by atoms with Crippen LogP contribution in [0.5, 0.6) is 0 Å². The quantitative estimate of drug-likeness (QED) is 0.211. The molecule has 0 saturated carbocycles. The summed E-state index contributed by atoms with van der Waals surface area (Å²) in [7, 11) is 0. The number of rotatable bonds is 4. The van der Waals surface area contributed by atoms with Crippen LogP contribution in [0.4, 0.5) is 0 Å². The standard InChI is InChI=1S/C39H24N4O/c1-3-13-25(14-4-1)27-19-11-23-33-35(27)36-30(20-12-24-34(36)44-33)38-40-37(26-15-5-2-6-16-26)41-39(42-38)43-31-21-9-7-17-28(31)29-18-8-10-22-32(29)43/h1-24H/i7D,8D,9D,10D,17D,18D,21D,22D. The monoisotopic (exact) mass is 572 g/mol. The van der Waals surface area contributed by atoms with Gasteiger partial charge in [-0.15, -0.1) is 0 Å². The summed E-state index contributed by atoms with van der Waals surface area (Å²) in [4.78, 5) is 14.7. The van der Waals surface area contributed by atoms with Gasteiger partial charge in [0, 0.05) is 32.7 Å². The highest BCUT2D eigenvalue weighted by Crippen LogP contribution is 2.41. The molecule has 0 N–H and O–H groups in total. The topological polar surface area (TPSA) is 56.7 Å². The molecule has 0 spiro atoms. The second-order valence-electron chi connectivity index (χ2n) is 10.3. The zero-order chi connectivity index (χ0) is 36.0. The molecule has 0 amide bonds. The number of aromatic nitrogens is 4. The first-order chi connectivity index (χ1) is 25.2. The second-order valence-corrected chi connectivity index (χ2v) is 10.3. The highest BCUT2D eigenvalue weighted by molar-refractivity contribution is 6.17. The van der Waals surface area contributed by atoms with Gasteiger partial charge in [-0.2, -0.15) is 9.97 Å². The number of nitrogens with zero attached hydrogens (tertiary/aromatic N) is 4. The van der Waals surface area contributed by atoms with Crippen LogP contribution in [-0.4, -0.2) is 19.5 Å². The third-order valence-corrected chi connectivity index (χ3v) is 7.74. The number of para-hydroxylation sites is 2. The van der Waals surface area contributed by atoms with E-state index in [-0.39, 0.29) is 39.4 Å². The predicted octanol–water partition coefficient (Wildman–Crippen LogP) is 9.87. The van der Waals surface area contributed by atoms with E-state index in [1.165, 1.54) is 4.57 Å². The fourth-order valence-electron chi connectivity index (χ4n) is 5.83. The maximum atomic E-state index is 9.00. The van der Waals surface area contributed by atoms with Gasteiger partial charge in [-0.1, -0.05) is 121 Å². The minimum Gasteiger partial charge on any atom is -0.456 e. The largest absolute Gasteiger partial charge is 0.456 e. The number of hydrogen-bond acceptors (Lipinski definition) is 4. The summed E-state index contributed by atoms with van der Waals surface area (Å²) in [6, 6.07) is 26.7. The Morgan fingerprint density at radius 3 is 1.70 bits per heavy atom. The van der Waals surface area contributed by atoms with Crippen molar-refractivity contribution in [1.82, 2.24) is 19.5 Å². The van der Waals surface area contributed by atoms with Gasteiger partial charge in [-0.25, -0.2) is 4.98 Å². The summed E-state index contributed by atoms with van der Waals surface area (Å²) in [6.45, 7) is 0. The van der Waals surface area contributed by atoms with Gasteiger partial charge in [0.2, 0.25) is 5.95 Å². The van der Waals surface area contributed by atoms with Gasteiger partial charge in [-0.05, 0) is 35.3 Å². The molecule has 0 bridgehead atoms. The zero-order valence-electron chi connectivity index (χ0n) is 30.9. The van der Waals surface area contributed by atoms with Crippen LogP contribution in [0.25, 0.3) is 83.6 Å². The Kier molecular flexibility index (Phi) is 3.94. The fourth-order valence-corrected chi connectivity index (χ4v) is 5.83. The molecule has 3 aromatic heterocycles. The van der Waals surface area contributed by atoms with Crippen LogP contribution in [0, 0.1) is 0 Å². The average Bonchev–Trinajstić information content (AvgIpc) is 3.75. The third-order valence-electron chi connectivity index (χ3n) is 7.74. The zero-order valence-corrected chi connectivity index (χ0v) is 22.9. The first-order valence-electron chi connectivity index (χ1n) is 18.0. The van der Waals surface area contributed by atoms with E-state index in [2.05, 4.69) is 0 Å². The molecule has 6 aromatic carbocycles. The Morgan fingerprint density at radius 2 is 1.05 bits per heavy atom. The fraction of sp³-hybridized carbons (Fsp3) is 0.